The Hall–Kier alpha value is -8.87. The average Bonchev–Trinajstić information content (AvgIpc) is 4.18. The summed E-state index contributed by atoms with van der Waals surface area (Å²) < 4.78 is 17.8. The van der Waals surface area contributed by atoms with Crippen LogP contribution in [0.2, 0.25) is 0 Å². The molecule has 0 radical (unpaired) electrons. The number of rotatable bonds is 34. The largest absolute Gasteiger partial charge is 0.508 e. The number of benzene rings is 3. The van der Waals surface area contributed by atoms with E-state index in [1.165, 1.54) is 25.3 Å². The zero-order valence-electron chi connectivity index (χ0n) is 52.8. The Kier molecular flexibility index (Phi) is 29.2. The second-order valence-corrected chi connectivity index (χ2v) is 23.9. The molecule has 4 rings (SSSR count). The summed E-state index contributed by atoms with van der Waals surface area (Å²) >= 11 is 0. The maximum atomic E-state index is 14.6. The molecule has 4 aromatic rings. The lowest BCUT2D eigenvalue weighted by atomic mass is 9.98. The number of hydrogen-bond donors (Lipinski definition) is 10. The monoisotopic (exact) mass is 1240 g/mol. The standard InChI is InChI=1S/C64H90N10O15/c1-12-87-62(85)51(31-42-23-25-46(76)26-24-42)71-57(80)48(29-38(2)3)68-55(78)41(8)66-56(79)47(27-28-53(77)89-64(9,10)11)67-61(84)54(40(6)7)73-59(82)49(30-39(4)5)69-58(81)50(32-45-33-65-37-74(45)34-43-19-15-13-16-20-43)70-60(83)52(35-75)72-63(86)88-36-44-21-17-14-18-22-44/h13-26,33,37-41,47-52,54,75-76H,12,27-32,34-36H2,1-11H3,(H,66,79)(H,67,84)(H,68,78)(H,69,81)(H,70,83)(H,71,80)(H,72,86)(H,73,82)/t41-,47-,48-,49-,50-,51-,52-,54-/m0/s1. The number of nitrogens with one attached hydrogen (secondary N) is 8. The molecule has 0 aliphatic carbocycles. The SMILES string of the molecule is CCOC(=O)[C@H](Cc1ccc(O)cc1)NC(=O)[C@H](CC(C)C)NC(=O)[C@H](C)NC(=O)[C@H](CCC(=O)OC(C)(C)C)NC(=O)[C@@H](NC(=O)[C@H](CC(C)C)NC(=O)[C@H](Cc1cncn1Cc1ccccc1)NC(=O)[C@H](CO)NC(=O)OCc1ccccc1)C(C)C. The van der Waals surface area contributed by atoms with Gasteiger partial charge in [-0.05, 0) is 100 Å². The summed E-state index contributed by atoms with van der Waals surface area (Å²) in [5.41, 5.74) is 1.76. The molecule has 0 fully saturated rings. The smallest absolute Gasteiger partial charge is 0.408 e. The molecule has 0 aliphatic rings. The fourth-order valence-corrected chi connectivity index (χ4v) is 9.14. The number of phenolic OH excluding ortho intramolecular Hbond substituents is 1. The van der Waals surface area contributed by atoms with Gasteiger partial charge in [-0.2, -0.15) is 0 Å². The number of ether oxygens (including phenoxy) is 3. The minimum Gasteiger partial charge on any atom is -0.508 e. The lowest BCUT2D eigenvalue weighted by Crippen LogP contribution is -2.61. The average molecular weight is 1240 g/mol. The van der Waals surface area contributed by atoms with Crippen LogP contribution in [0.5, 0.6) is 5.75 Å². The molecule has 10 N–H and O–H groups in total. The molecule has 1 aromatic heterocycles. The van der Waals surface area contributed by atoms with E-state index < -0.39 is 126 Å². The van der Waals surface area contributed by atoms with Crippen molar-refractivity contribution >= 4 is 59.4 Å². The summed E-state index contributed by atoms with van der Waals surface area (Å²) in [4.78, 5) is 143. The molecule has 8 amide bonds. The lowest BCUT2D eigenvalue weighted by molar-refractivity contribution is -0.155. The predicted octanol–water partition coefficient (Wildman–Crippen LogP) is 3.56. The molecule has 1 heterocycles. The molecule has 25 nitrogen and oxygen atoms in total. The van der Waals surface area contributed by atoms with Gasteiger partial charge in [-0.25, -0.2) is 14.6 Å². The molecule has 0 saturated heterocycles. The molecule has 8 atom stereocenters. The van der Waals surface area contributed by atoms with E-state index in [0.717, 1.165) is 5.56 Å². The van der Waals surface area contributed by atoms with Crippen molar-refractivity contribution in [1.82, 2.24) is 52.1 Å². The summed E-state index contributed by atoms with van der Waals surface area (Å²) in [5, 5.41) is 41.1. The Labute approximate surface area is 520 Å². The van der Waals surface area contributed by atoms with Crippen molar-refractivity contribution in [2.24, 2.45) is 17.8 Å². The highest BCUT2D eigenvalue weighted by atomic mass is 16.6. The number of aliphatic hydroxyl groups excluding tert-OH is 1. The van der Waals surface area contributed by atoms with Crippen molar-refractivity contribution in [2.45, 2.75) is 182 Å². The van der Waals surface area contributed by atoms with E-state index in [4.69, 9.17) is 14.2 Å². The first kappa shape index (κ1) is 72.6. The first-order valence-corrected chi connectivity index (χ1v) is 30.0. The summed E-state index contributed by atoms with van der Waals surface area (Å²) in [6.07, 6.45) is 1.29. The molecular weight excluding hydrogens is 1150 g/mol. The number of alkyl carbamates (subject to hydrolysis) is 1. The van der Waals surface area contributed by atoms with Crippen molar-refractivity contribution in [3.63, 3.8) is 0 Å². The van der Waals surface area contributed by atoms with E-state index in [0.29, 0.717) is 23.4 Å². The zero-order chi connectivity index (χ0) is 66.0. The van der Waals surface area contributed by atoms with E-state index in [1.54, 1.807) is 109 Å². The highest BCUT2D eigenvalue weighted by molar-refractivity contribution is 5.98. The van der Waals surface area contributed by atoms with Crippen LogP contribution in [0.3, 0.4) is 0 Å². The van der Waals surface area contributed by atoms with E-state index in [-0.39, 0.29) is 69.3 Å². The van der Waals surface area contributed by atoms with Crippen LogP contribution in [0.4, 0.5) is 4.79 Å². The van der Waals surface area contributed by atoms with Crippen molar-refractivity contribution in [2.75, 3.05) is 13.2 Å². The lowest BCUT2D eigenvalue weighted by Gasteiger charge is -2.29. The molecule has 486 valence electrons. The van der Waals surface area contributed by atoms with Gasteiger partial charge in [0.25, 0.3) is 0 Å². The van der Waals surface area contributed by atoms with Gasteiger partial charge in [0, 0.05) is 37.7 Å². The fourth-order valence-electron chi connectivity index (χ4n) is 9.14. The van der Waals surface area contributed by atoms with Gasteiger partial charge >= 0.3 is 18.0 Å². The maximum absolute atomic E-state index is 14.6. The van der Waals surface area contributed by atoms with Crippen LogP contribution in [0.15, 0.2) is 97.5 Å². The molecule has 0 aliphatic heterocycles. The number of nitrogens with zero attached hydrogens (tertiary/aromatic N) is 2. The minimum atomic E-state index is -1.58. The van der Waals surface area contributed by atoms with Crippen LogP contribution >= 0.6 is 0 Å². The second kappa shape index (κ2) is 35.8. The number of phenols is 1. The summed E-state index contributed by atoms with van der Waals surface area (Å²) in [6.45, 7) is 17.7. The van der Waals surface area contributed by atoms with Gasteiger partial charge in [-0.3, -0.25) is 38.4 Å². The van der Waals surface area contributed by atoms with Gasteiger partial charge < -0.3 is 71.5 Å². The van der Waals surface area contributed by atoms with Crippen molar-refractivity contribution < 1.29 is 72.4 Å². The summed E-state index contributed by atoms with van der Waals surface area (Å²) in [7, 11) is 0. The highest BCUT2D eigenvalue weighted by Gasteiger charge is 2.36. The maximum Gasteiger partial charge on any atom is 0.408 e. The van der Waals surface area contributed by atoms with Crippen LogP contribution < -0.4 is 42.5 Å². The van der Waals surface area contributed by atoms with E-state index in [9.17, 15) is 58.2 Å². The van der Waals surface area contributed by atoms with E-state index >= 15 is 0 Å². The third-order valence-electron chi connectivity index (χ3n) is 13.7. The zero-order valence-corrected chi connectivity index (χ0v) is 52.8. The molecular formula is C64H90N10O15. The molecule has 3 aromatic carbocycles. The van der Waals surface area contributed by atoms with Crippen LogP contribution in [-0.4, -0.2) is 146 Å². The number of carbonyl (C=O) groups is 10. The Morgan fingerprint density at radius 1 is 0.551 bits per heavy atom. The van der Waals surface area contributed by atoms with Gasteiger partial charge in [0.2, 0.25) is 41.4 Å². The fraction of sp³-hybridized carbons (Fsp3) is 0.516. The van der Waals surface area contributed by atoms with Gasteiger partial charge in [-0.15, -0.1) is 0 Å². The molecule has 0 unspecified atom stereocenters. The summed E-state index contributed by atoms with van der Waals surface area (Å²) in [5.74, 6) is -8.40. The van der Waals surface area contributed by atoms with Crippen molar-refractivity contribution in [3.8, 4) is 5.75 Å². The van der Waals surface area contributed by atoms with Crippen LogP contribution in [-0.2, 0) is 83.4 Å². The Morgan fingerprint density at radius 3 is 1.63 bits per heavy atom. The van der Waals surface area contributed by atoms with Crippen molar-refractivity contribution in [3.05, 3.63) is 120 Å². The third kappa shape index (κ3) is 25.8. The van der Waals surface area contributed by atoms with Crippen LogP contribution in [0.25, 0.3) is 0 Å². The van der Waals surface area contributed by atoms with Gasteiger partial charge in [0.1, 0.15) is 66.3 Å². The molecule has 25 heteroatoms. The Balaban J connectivity index is 1.57. The minimum absolute atomic E-state index is 0.00286. The molecule has 0 bridgehead atoms. The van der Waals surface area contributed by atoms with Crippen LogP contribution in [0, 0.1) is 17.8 Å². The highest BCUT2D eigenvalue weighted by Crippen LogP contribution is 2.17. The molecule has 89 heavy (non-hydrogen) atoms. The summed E-state index contributed by atoms with van der Waals surface area (Å²) in [6, 6.07) is 13.2. The van der Waals surface area contributed by atoms with Gasteiger partial charge in [0.15, 0.2) is 0 Å². The number of imidazole rings is 1. The quantitative estimate of drug-likeness (QED) is 0.0236. The predicted molar refractivity (Wildman–Crippen MR) is 329 cm³/mol. The first-order chi connectivity index (χ1) is 42.0. The van der Waals surface area contributed by atoms with Crippen molar-refractivity contribution in [1.29, 1.82) is 0 Å². The second-order valence-electron chi connectivity index (χ2n) is 23.9. The normalized spacial score (nSPS) is 14.1. The molecule has 0 saturated carbocycles. The number of aromatic nitrogens is 2. The number of aromatic hydroxyl groups is 1. The number of aliphatic hydroxyl groups is 1. The van der Waals surface area contributed by atoms with E-state index in [2.05, 4.69) is 47.5 Å². The number of hydrogen-bond acceptors (Lipinski definition) is 16. The Morgan fingerprint density at radius 2 is 1.07 bits per heavy atom. The first-order valence-electron chi connectivity index (χ1n) is 30.0. The Bertz CT molecular complexity index is 2970. The number of amides is 8. The third-order valence-corrected chi connectivity index (χ3v) is 13.7. The van der Waals surface area contributed by atoms with E-state index in [1.807, 2.05) is 44.2 Å². The van der Waals surface area contributed by atoms with Crippen LogP contribution in [0.1, 0.15) is 124 Å². The molecule has 0 spiro atoms. The number of carbonyl (C=O) groups excluding carboxylic acids is 10. The number of esters is 2. The van der Waals surface area contributed by atoms with Gasteiger partial charge in [-0.1, -0.05) is 114 Å². The topological polar surface area (TPSA) is 353 Å². The van der Waals surface area contributed by atoms with Gasteiger partial charge in [0.05, 0.1) is 19.5 Å².